The molecule has 0 aliphatic rings. The van der Waals surface area contributed by atoms with Gasteiger partial charge < -0.3 is 25.6 Å². The standard InChI is InChI=1S/C24H34FN5O2/c1-5-26-24(28-16-18(2)32-22-11-7-10-21(25)15-22)29-17-19-8-6-9-20(14-19)23(31)27-12-13-30(3)4/h6-11,14-15,18H,5,12-13,16-17H2,1-4H3,(H,27,31)(H2,26,28,29). The number of ether oxygens (including phenoxy) is 1. The third kappa shape index (κ3) is 9.34. The maximum Gasteiger partial charge on any atom is 0.251 e. The predicted octanol–water partition coefficient (Wildman–Crippen LogP) is 2.64. The van der Waals surface area contributed by atoms with E-state index in [-0.39, 0.29) is 17.8 Å². The molecule has 1 atom stereocenters. The second-order valence-corrected chi connectivity index (χ2v) is 7.72. The molecule has 0 spiro atoms. The lowest BCUT2D eigenvalue weighted by molar-refractivity contribution is 0.0951. The molecule has 1 unspecified atom stereocenters. The van der Waals surface area contributed by atoms with Gasteiger partial charge in [-0.25, -0.2) is 9.38 Å². The fourth-order valence-electron chi connectivity index (χ4n) is 2.87. The number of hydrogen-bond donors (Lipinski definition) is 3. The molecule has 0 heterocycles. The number of halogens is 1. The van der Waals surface area contributed by atoms with Crippen LogP contribution in [0, 0.1) is 5.82 Å². The maximum atomic E-state index is 13.3. The Morgan fingerprint density at radius 2 is 1.91 bits per heavy atom. The van der Waals surface area contributed by atoms with E-state index in [9.17, 15) is 9.18 Å². The summed E-state index contributed by atoms with van der Waals surface area (Å²) < 4.78 is 19.1. The van der Waals surface area contributed by atoms with Gasteiger partial charge in [0.05, 0.1) is 13.1 Å². The molecular formula is C24H34FN5O2. The van der Waals surface area contributed by atoms with Crippen molar-refractivity contribution in [1.82, 2.24) is 20.9 Å². The minimum atomic E-state index is -0.328. The van der Waals surface area contributed by atoms with Crippen LogP contribution in [0.1, 0.15) is 29.8 Å². The fraction of sp³-hybridized carbons (Fsp3) is 0.417. The molecule has 0 bridgehead atoms. The number of carbonyl (C=O) groups is 1. The zero-order valence-corrected chi connectivity index (χ0v) is 19.3. The molecule has 8 heteroatoms. The summed E-state index contributed by atoms with van der Waals surface area (Å²) in [7, 11) is 3.93. The quantitative estimate of drug-likeness (QED) is 0.368. The van der Waals surface area contributed by atoms with Crippen molar-refractivity contribution in [2.24, 2.45) is 4.99 Å². The number of hydrogen-bond acceptors (Lipinski definition) is 4. The Hall–Kier alpha value is -3.13. The van der Waals surface area contributed by atoms with Crippen molar-refractivity contribution in [3.63, 3.8) is 0 Å². The van der Waals surface area contributed by atoms with Crippen LogP contribution < -0.4 is 20.7 Å². The highest BCUT2D eigenvalue weighted by Gasteiger charge is 2.08. The molecule has 0 aliphatic heterocycles. The van der Waals surface area contributed by atoms with Crippen LogP contribution in [0.25, 0.3) is 0 Å². The minimum Gasteiger partial charge on any atom is -0.489 e. The van der Waals surface area contributed by atoms with Gasteiger partial charge in [-0.1, -0.05) is 18.2 Å². The molecule has 0 saturated carbocycles. The molecule has 0 aliphatic carbocycles. The molecule has 32 heavy (non-hydrogen) atoms. The Bertz CT molecular complexity index is 888. The van der Waals surface area contributed by atoms with Crippen LogP contribution in [0.2, 0.25) is 0 Å². The van der Waals surface area contributed by atoms with E-state index in [1.807, 2.05) is 51.0 Å². The van der Waals surface area contributed by atoms with Crippen molar-refractivity contribution >= 4 is 11.9 Å². The zero-order valence-electron chi connectivity index (χ0n) is 19.3. The predicted molar refractivity (Wildman–Crippen MR) is 127 cm³/mol. The number of nitrogens with zero attached hydrogens (tertiary/aromatic N) is 2. The van der Waals surface area contributed by atoms with Crippen LogP contribution in [0.3, 0.4) is 0 Å². The highest BCUT2D eigenvalue weighted by molar-refractivity contribution is 5.94. The molecule has 0 radical (unpaired) electrons. The third-order valence-corrected chi connectivity index (χ3v) is 4.49. The molecule has 2 aromatic carbocycles. The largest absolute Gasteiger partial charge is 0.489 e. The van der Waals surface area contributed by atoms with Crippen molar-refractivity contribution in [2.45, 2.75) is 26.5 Å². The van der Waals surface area contributed by atoms with E-state index in [1.54, 1.807) is 18.2 Å². The van der Waals surface area contributed by atoms with Crippen molar-refractivity contribution in [2.75, 3.05) is 40.3 Å². The Morgan fingerprint density at radius 1 is 1.12 bits per heavy atom. The summed E-state index contributed by atoms with van der Waals surface area (Å²) >= 11 is 0. The van der Waals surface area contributed by atoms with Gasteiger partial charge in [-0.15, -0.1) is 0 Å². The summed E-state index contributed by atoms with van der Waals surface area (Å²) in [6.45, 7) is 6.90. The number of nitrogens with one attached hydrogen (secondary N) is 3. The number of carbonyl (C=O) groups excluding carboxylic acids is 1. The molecule has 0 saturated heterocycles. The van der Waals surface area contributed by atoms with Crippen LogP contribution in [0.15, 0.2) is 53.5 Å². The molecule has 0 aromatic heterocycles. The van der Waals surface area contributed by atoms with Crippen LogP contribution >= 0.6 is 0 Å². The Morgan fingerprint density at radius 3 is 2.62 bits per heavy atom. The second-order valence-electron chi connectivity index (χ2n) is 7.72. The van der Waals surface area contributed by atoms with E-state index in [0.717, 1.165) is 12.1 Å². The zero-order chi connectivity index (χ0) is 23.3. The number of guanidine groups is 1. The van der Waals surface area contributed by atoms with E-state index in [2.05, 4.69) is 20.9 Å². The Kier molecular flexibility index (Phi) is 10.5. The third-order valence-electron chi connectivity index (χ3n) is 4.49. The van der Waals surface area contributed by atoms with Gasteiger partial charge >= 0.3 is 0 Å². The smallest absolute Gasteiger partial charge is 0.251 e. The molecule has 0 fully saturated rings. The highest BCUT2D eigenvalue weighted by atomic mass is 19.1. The number of amides is 1. The molecular weight excluding hydrogens is 409 g/mol. The molecule has 1 amide bonds. The van der Waals surface area contributed by atoms with Gasteiger partial charge in [0.15, 0.2) is 5.96 Å². The molecule has 2 rings (SSSR count). The van der Waals surface area contributed by atoms with Crippen LogP contribution in [-0.2, 0) is 6.54 Å². The summed E-state index contributed by atoms with van der Waals surface area (Å²) in [6, 6.07) is 13.5. The van der Waals surface area contributed by atoms with Gasteiger partial charge in [-0.05, 0) is 57.8 Å². The number of benzene rings is 2. The summed E-state index contributed by atoms with van der Waals surface area (Å²) in [4.78, 5) is 19.0. The van der Waals surface area contributed by atoms with E-state index in [4.69, 9.17) is 4.74 Å². The number of likely N-dealkylation sites (N-methyl/N-ethyl adjacent to an activating group) is 1. The first-order valence-electron chi connectivity index (χ1n) is 10.8. The van der Waals surface area contributed by atoms with E-state index in [1.165, 1.54) is 12.1 Å². The van der Waals surface area contributed by atoms with E-state index < -0.39 is 0 Å². The van der Waals surface area contributed by atoms with Gasteiger partial charge in [-0.2, -0.15) is 0 Å². The van der Waals surface area contributed by atoms with E-state index in [0.29, 0.717) is 43.5 Å². The van der Waals surface area contributed by atoms with Gasteiger partial charge in [0, 0.05) is 31.3 Å². The lowest BCUT2D eigenvalue weighted by atomic mass is 10.1. The first-order chi connectivity index (χ1) is 15.4. The maximum absolute atomic E-state index is 13.3. The fourth-order valence-corrected chi connectivity index (χ4v) is 2.87. The number of rotatable bonds is 11. The van der Waals surface area contributed by atoms with Crippen molar-refractivity contribution < 1.29 is 13.9 Å². The lowest BCUT2D eigenvalue weighted by Crippen LogP contribution is -2.41. The van der Waals surface area contributed by atoms with Gasteiger partial charge in [0.1, 0.15) is 17.7 Å². The van der Waals surface area contributed by atoms with Crippen LogP contribution in [0.4, 0.5) is 4.39 Å². The first kappa shape index (κ1) is 25.1. The Labute approximate surface area is 190 Å². The summed E-state index contributed by atoms with van der Waals surface area (Å²) in [5.74, 6) is 0.710. The van der Waals surface area contributed by atoms with Crippen LogP contribution in [0.5, 0.6) is 5.75 Å². The molecule has 174 valence electrons. The lowest BCUT2D eigenvalue weighted by Gasteiger charge is -2.17. The summed E-state index contributed by atoms with van der Waals surface area (Å²) in [6.07, 6.45) is -0.185. The SMILES string of the molecule is CCNC(=NCc1cccc(C(=O)NCCN(C)C)c1)NCC(C)Oc1cccc(F)c1. The Balaban J connectivity index is 1.91. The molecule has 7 nitrogen and oxygen atoms in total. The van der Waals surface area contributed by atoms with Gasteiger partial charge in [-0.3, -0.25) is 4.79 Å². The summed E-state index contributed by atoms with van der Waals surface area (Å²) in [5, 5.41) is 9.35. The highest BCUT2D eigenvalue weighted by Crippen LogP contribution is 2.13. The van der Waals surface area contributed by atoms with Crippen molar-refractivity contribution in [3.05, 3.63) is 65.5 Å². The molecule has 3 N–H and O–H groups in total. The molecule has 2 aromatic rings. The average Bonchev–Trinajstić information content (AvgIpc) is 2.75. The van der Waals surface area contributed by atoms with E-state index >= 15 is 0 Å². The van der Waals surface area contributed by atoms with Crippen molar-refractivity contribution in [1.29, 1.82) is 0 Å². The van der Waals surface area contributed by atoms with Gasteiger partial charge in [0.25, 0.3) is 5.91 Å². The normalized spacial score (nSPS) is 12.4. The van der Waals surface area contributed by atoms with Crippen LogP contribution in [-0.4, -0.2) is 63.1 Å². The first-order valence-corrected chi connectivity index (χ1v) is 10.8. The summed E-state index contributed by atoms with van der Waals surface area (Å²) in [5.41, 5.74) is 1.55. The topological polar surface area (TPSA) is 78.0 Å². The number of aliphatic imine (C=N–C) groups is 1. The van der Waals surface area contributed by atoms with Gasteiger partial charge in [0.2, 0.25) is 0 Å². The van der Waals surface area contributed by atoms with Crippen molar-refractivity contribution in [3.8, 4) is 5.75 Å². The second kappa shape index (κ2) is 13.3. The minimum absolute atomic E-state index is 0.0916. The monoisotopic (exact) mass is 443 g/mol. The average molecular weight is 444 g/mol.